The van der Waals surface area contributed by atoms with Crippen LogP contribution in [0.2, 0.25) is 0 Å². The minimum Gasteiger partial charge on any atom is -0.334 e. The molecule has 0 bridgehead atoms. The second kappa shape index (κ2) is 17.2. The number of allylic oxidation sites excluding steroid dienone is 9. The van der Waals surface area contributed by atoms with Crippen LogP contribution in [-0.4, -0.2) is 18.0 Å². The number of rotatable bonds is 6. The van der Waals surface area contributed by atoms with Crippen LogP contribution in [0, 0.1) is 29.1 Å². The Morgan fingerprint density at radius 1 is 0.800 bits per heavy atom. The first-order valence-electron chi connectivity index (χ1n) is 28.5. The summed E-state index contributed by atoms with van der Waals surface area (Å²) >= 11 is 4.18. The number of thiophene rings is 1. The van der Waals surface area contributed by atoms with Crippen LogP contribution in [0.15, 0.2) is 154 Å². The summed E-state index contributed by atoms with van der Waals surface area (Å²) in [5.74, 6) is 0.440. The molecule has 0 saturated heterocycles. The first-order valence-corrected chi connectivity index (χ1v) is 30.2. The Balaban J connectivity index is 1.19. The number of hydrogen-bond donors (Lipinski definition) is 0. The molecule has 1 aromatic heterocycles. The SMILES string of the molecule is CC1=CC=CCC1N(c1cc2c3c(c1)N(/C=C/CC(C)(C)C)c1c(sc4cc5c(cc14)C(C)(C)CCC5(C)C)B3C1=C(CC3C(=C1)C(C)(C)CCC3(C)C)N2C1=C2c3ccccc3SC2CC=C1)c1ccccc1C. The minimum atomic E-state index is 0.0765. The van der Waals surface area contributed by atoms with Crippen LogP contribution in [0.3, 0.4) is 0 Å². The summed E-state index contributed by atoms with van der Waals surface area (Å²) in [4.78, 5) is 9.72. The van der Waals surface area contributed by atoms with E-state index >= 15 is 0 Å². The standard InChI is InChI=1S/C69H78BN3S2/c1-42-22-14-17-25-52(42)72(53-26-18-15-23-43(53)2)44-36-56-62-57(37-44)73(54-27-20-29-59-61(54)45-24-16-19-28-58(45)74-59)55-40-49-48(67(8,9)32-33-68(49,10)11)39-51(55)70(62)64-63(71(56)35-21-30-65(3,4)5)46-38-47-50(41-60(46)75-64)69(12,13)34-31-66(47,6)7/h14-25,27-28,35-39,41,49,53,59H,26,29-34,40H2,1-13H3/b35-21+. The van der Waals surface area contributed by atoms with Crippen molar-refractivity contribution < 1.29 is 0 Å². The van der Waals surface area contributed by atoms with E-state index in [1.165, 1.54) is 124 Å². The van der Waals surface area contributed by atoms with Gasteiger partial charge in [-0.25, -0.2) is 0 Å². The zero-order valence-electron chi connectivity index (χ0n) is 47.2. The third-order valence-corrected chi connectivity index (χ3v) is 22.0. The van der Waals surface area contributed by atoms with Crippen molar-refractivity contribution in [1.29, 1.82) is 0 Å². The summed E-state index contributed by atoms with van der Waals surface area (Å²) in [5.41, 5.74) is 23.4. The molecule has 3 nitrogen and oxygen atoms in total. The Kier molecular flexibility index (Phi) is 11.3. The van der Waals surface area contributed by atoms with Gasteiger partial charge in [0.25, 0.3) is 6.71 Å². The number of benzene rings is 4. The van der Waals surface area contributed by atoms with Gasteiger partial charge in [-0.3, -0.25) is 0 Å². The van der Waals surface area contributed by atoms with E-state index in [0.717, 1.165) is 25.7 Å². The maximum absolute atomic E-state index is 2.87. The van der Waals surface area contributed by atoms with E-state index in [2.05, 4.69) is 249 Å². The highest BCUT2D eigenvalue weighted by Gasteiger charge is 2.53. The van der Waals surface area contributed by atoms with Crippen LogP contribution in [0.5, 0.6) is 0 Å². The molecule has 4 heterocycles. The Bertz CT molecular complexity index is 3480. The summed E-state index contributed by atoms with van der Waals surface area (Å²) in [6.07, 6.45) is 28.7. The molecule has 3 aliphatic heterocycles. The smallest absolute Gasteiger partial charge is 0.264 e. The third kappa shape index (κ3) is 7.78. The fourth-order valence-electron chi connectivity index (χ4n) is 14.8. The molecule has 8 aliphatic rings. The van der Waals surface area contributed by atoms with Crippen molar-refractivity contribution >= 4 is 84.1 Å². The predicted molar refractivity (Wildman–Crippen MR) is 328 cm³/mol. The van der Waals surface area contributed by atoms with Crippen molar-refractivity contribution in [3.63, 3.8) is 0 Å². The molecular weight excluding hydrogens is 946 g/mol. The number of anilines is 5. The van der Waals surface area contributed by atoms with Gasteiger partial charge >= 0.3 is 0 Å². The molecular formula is C69H78BN3S2. The van der Waals surface area contributed by atoms with Crippen molar-refractivity contribution in [2.75, 3.05) is 14.7 Å². The van der Waals surface area contributed by atoms with Crippen LogP contribution in [0.1, 0.15) is 157 Å². The van der Waals surface area contributed by atoms with Crippen molar-refractivity contribution in [2.24, 2.45) is 22.2 Å². The fraction of sp³-hybridized carbons (Fsp3) is 0.420. The molecule has 0 spiro atoms. The van der Waals surface area contributed by atoms with Gasteiger partial charge in [-0.15, -0.1) is 23.1 Å². The van der Waals surface area contributed by atoms with Crippen LogP contribution in [0.25, 0.3) is 15.7 Å². The molecule has 5 aromatic rings. The third-order valence-electron chi connectivity index (χ3n) is 19.4. The summed E-state index contributed by atoms with van der Waals surface area (Å²) in [5, 5.41) is 1.79. The Morgan fingerprint density at radius 2 is 1.52 bits per heavy atom. The number of hydrogen-bond acceptors (Lipinski definition) is 5. The lowest BCUT2D eigenvalue weighted by Crippen LogP contribution is -2.57. The predicted octanol–water partition coefficient (Wildman–Crippen LogP) is 18.2. The molecule has 5 aliphatic carbocycles. The normalized spacial score (nSPS) is 24.3. The monoisotopic (exact) mass is 1020 g/mol. The van der Waals surface area contributed by atoms with E-state index in [0.29, 0.717) is 11.2 Å². The van der Waals surface area contributed by atoms with Gasteiger partial charge in [0.15, 0.2) is 0 Å². The lowest BCUT2D eigenvalue weighted by Gasteiger charge is -2.54. The molecule has 3 unspecified atom stereocenters. The van der Waals surface area contributed by atoms with Crippen LogP contribution in [0.4, 0.5) is 28.4 Å². The zero-order chi connectivity index (χ0) is 52.3. The number of para-hydroxylation sites is 1. The molecule has 1 fully saturated rings. The molecule has 75 heavy (non-hydrogen) atoms. The van der Waals surface area contributed by atoms with Gasteiger partial charge in [0.2, 0.25) is 0 Å². The summed E-state index contributed by atoms with van der Waals surface area (Å²) in [7, 11) is 0. The molecule has 13 rings (SSSR count). The Morgan fingerprint density at radius 3 is 2.28 bits per heavy atom. The summed E-state index contributed by atoms with van der Waals surface area (Å²) < 4.78 is 2.93. The van der Waals surface area contributed by atoms with Crippen LogP contribution in [-0.2, 0) is 10.8 Å². The topological polar surface area (TPSA) is 9.72 Å². The van der Waals surface area contributed by atoms with Gasteiger partial charge in [0.1, 0.15) is 0 Å². The van der Waals surface area contributed by atoms with Crippen molar-refractivity contribution in [1.82, 2.24) is 0 Å². The largest absolute Gasteiger partial charge is 0.334 e. The maximum Gasteiger partial charge on any atom is 0.264 e. The van der Waals surface area contributed by atoms with E-state index in [-0.39, 0.29) is 39.8 Å². The van der Waals surface area contributed by atoms with Gasteiger partial charge in [-0.2, -0.15) is 0 Å². The first-order chi connectivity index (χ1) is 35.6. The second-order valence-corrected chi connectivity index (χ2v) is 29.9. The van der Waals surface area contributed by atoms with Gasteiger partial charge < -0.3 is 14.7 Å². The van der Waals surface area contributed by atoms with Gasteiger partial charge in [-0.1, -0.05) is 160 Å². The molecule has 1 saturated carbocycles. The van der Waals surface area contributed by atoms with E-state index in [9.17, 15) is 0 Å². The number of thioether (sulfide) groups is 1. The van der Waals surface area contributed by atoms with Gasteiger partial charge in [-0.05, 0) is 179 Å². The van der Waals surface area contributed by atoms with Crippen LogP contribution >= 0.6 is 23.1 Å². The molecule has 3 atom stereocenters. The highest BCUT2D eigenvalue weighted by atomic mass is 32.2. The highest BCUT2D eigenvalue weighted by molar-refractivity contribution is 8.00. The fourth-order valence-corrected chi connectivity index (χ4v) is 17.5. The van der Waals surface area contributed by atoms with E-state index in [1.54, 1.807) is 11.1 Å². The average molecular weight is 1020 g/mol. The molecule has 6 heteroatoms. The lowest BCUT2D eigenvalue weighted by atomic mass is 9.34. The number of nitrogens with zero attached hydrogens (tertiary/aromatic N) is 3. The molecule has 0 radical (unpaired) electrons. The molecule has 4 aromatic carbocycles. The van der Waals surface area contributed by atoms with Crippen LogP contribution < -0.4 is 24.9 Å². The molecule has 0 amide bonds. The lowest BCUT2D eigenvalue weighted by molar-refractivity contribution is 0.121. The van der Waals surface area contributed by atoms with Crippen molar-refractivity contribution in [3.05, 3.63) is 172 Å². The second-order valence-electron chi connectivity index (χ2n) is 27.6. The number of aryl methyl sites for hydroxylation is 1. The molecule has 0 N–H and O–H groups in total. The summed E-state index contributed by atoms with van der Waals surface area (Å²) in [6, 6.07) is 29.2. The first kappa shape index (κ1) is 49.4. The van der Waals surface area contributed by atoms with E-state index in [4.69, 9.17) is 0 Å². The maximum atomic E-state index is 2.87. The Hall–Kier alpha value is -5.17. The average Bonchev–Trinajstić information content (AvgIpc) is 4.01. The van der Waals surface area contributed by atoms with Crippen molar-refractivity contribution in [2.45, 2.75) is 168 Å². The van der Waals surface area contributed by atoms with E-state index < -0.39 is 0 Å². The van der Waals surface area contributed by atoms with Gasteiger partial charge in [0.05, 0.1) is 17.4 Å². The van der Waals surface area contributed by atoms with E-state index in [1.807, 2.05) is 0 Å². The minimum absolute atomic E-state index is 0.0765. The zero-order valence-corrected chi connectivity index (χ0v) is 48.8. The van der Waals surface area contributed by atoms with Gasteiger partial charge in [0, 0.05) is 59.7 Å². The quantitative estimate of drug-likeness (QED) is 0.157. The molecule has 384 valence electrons. The summed E-state index contributed by atoms with van der Waals surface area (Å²) in [6.45, 7) is 32.2. The Labute approximate surface area is 458 Å². The highest BCUT2D eigenvalue weighted by Crippen LogP contribution is 2.61. The van der Waals surface area contributed by atoms with Crippen molar-refractivity contribution in [3.8, 4) is 0 Å². The number of fused-ring (bicyclic) bond motifs is 10.